The fourth-order valence-electron chi connectivity index (χ4n) is 2.32. The maximum Gasteiger partial charge on any atom is 0.0483 e. The summed E-state index contributed by atoms with van der Waals surface area (Å²) < 4.78 is 2.33. The summed E-state index contributed by atoms with van der Waals surface area (Å²) in [7, 11) is 1.99. The Kier molecular flexibility index (Phi) is 4.44. The van der Waals surface area contributed by atoms with Crippen LogP contribution in [0, 0.1) is 12.3 Å². The molecule has 0 bridgehead atoms. The SMILES string of the molecule is C#CCCCn1cc(CCNC)c2ccccc21. The van der Waals surface area contributed by atoms with Gasteiger partial charge in [-0.2, -0.15) is 0 Å². The zero-order valence-corrected chi connectivity index (χ0v) is 10.9. The van der Waals surface area contributed by atoms with E-state index in [9.17, 15) is 0 Å². The molecule has 18 heavy (non-hydrogen) atoms. The van der Waals surface area contributed by atoms with Crippen molar-refractivity contribution in [2.45, 2.75) is 25.8 Å². The summed E-state index contributed by atoms with van der Waals surface area (Å²) in [5.41, 5.74) is 2.74. The Morgan fingerprint density at radius 3 is 2.94 bits per heavy atom. The Hall–Kier alpha value is -1.72. The third-order valence-corrected chi connectivity index (χ3v) is 3.24. The van der Waals surface area contributed by atoms with E-state index in [1.165, 1.54) is 16.5 Å². The van der Waals surface area contributed by atoms with Gasteiger partial charge < -0.3 is 9.88 Å². The third kappa shape index (κ3) is 2.75. The molecular formula is C16H20N2. The molecule has 0 aliphatic carbocycles. The van der Waals surface area contributed by atoms with Crippen molar-refractivity contribution >= 4 is 10.9 Å². The molecule has 0 amide bonds. The number of likely N-dealkylation sites (N-methyl/N-ethyl adjacent to an activating group) is 1. The van der Waals surface area contributed by atoms with Crippen molar-refractivity contribution in [2.24, 2.45) is 0 Å². The van der Waals surface area contributed by atoms with Gasteiger partial charge in [-0.25, -0.2) is 0 Å². The van der Waals surface area contributed by atoms with E-state index in [1.807, 2.05) is 7.05 Å². The molecule has 1 aromatic carbocycles. The predicted molar refractivity (Wildman–Crippen MR) is 77.6 cm³/mol. The van der Waals surface area contributed by atoms with E-state index in [4.69, 9.17) is 6.42 Å². The van der Waals surface area contributed by atoms with Crippen molar-refractivity contribution in [3.05, 3.63) is 36.0 Å². The van der Waals surface area contributed by atoms with Crippen LogP contribution >= 0.6 is 0 Å². The van der Waals surface area contributed by atoms with Crippen LogP contribution < -0.4 is 5.32 Å². The minimum absolute atomic E-state index is 0.846. The van der Waals surface area contributed by atoms with Crippen LogP contribution in [-0.4, -0.2) is 18.2 Å². The Morgan fingerprint density at radius 1 is 1.33 bits per heavy atom. The minimum Gasteiger partial charge on any atom is -0.347 e. The van der Waals surface area contributed by atoms with Gasteiger partial charge in [-0.15, -0.1) is 12.3 Å². The van der Waals surface area contributed by atoms with Crippen LogP contribution in [0.1, 0.15) is 18.4 Å². The highest BCUT2D eigenvalue weighted by atomic mass is 15.0. The molecule has 1 N–H and O–H groups in total. The number of benzene rings is 1. The minimum atomic E-state index is 0.846. The van der Waals surface area contributed by atoms with E-state index in [1.54, 1.807) is 0 Å². The molecule has 0 aliphatic rings. The number of unbranched alkanes of at least 4 members (excludes halogenated alkanes) is 1. The highest BCUT2D eigenvalue weighted by Crippen LogP contribution is 2.22. The lowest BCUT2D eigenvalue weighted by molar-refractivity contribution is 0.673. The van der Waals surface area contributed by atoms with Gasteiger partial charge in [0.05, 0.1) is 0 Å². The summed E-state index contributed by atoms with van der Waals surface area (Å²) in [5, 5.41) is 4.58. The average molecular weight is 240 g/mol. The van der Waals surface area contributed by atoms with E-state index in [-0.39, 0.29) is 0 Å². The second-order valence-electron chi connectivity index (χ2n) is 4.53. The summed E-state index contributed by atoms with van der Waals surface area (Å²) in [6, 6.07) is 8.60. The van der Waals surface area contributed by atoms with Gasteiger partial charge in [0.25, 0.3) is 0 Å². The van der Waals surface area contributed by atoms with Gasteiger partial charge in [0, 0.05) is 30.1 Å². The molecule has 0 aliphatic heterocycles. The van der Waals surface area contributed by atoms with Crippen molar-refractivity contribution in [1.82, 2.24) is 9.88 Å². The van der Waals surface area contributed by atoms with Crippen molar-refractivity contribution in [3.63, 3.8) is 0 Å². The number of aromatic nitrogens is 1. The Morgan fingerprint density at radius 2 is 2.17 bits per heavy atom. The molecule has 94 valence electrons. The van der Waals surface area contributed by atoms with E-state index < -0.39 is 0 Å². The van der Waals surface area contributed by atoms with Gasteiger partial charge in [-0.3, -0.25) is 0 Å². The zero-order valence-electron chi connectivity index (χ0n) is 10.9. The molecular weight excluding hydrogens is 220 g/mol. The maximum absolute atomic E-state index is 5.31. The molecule has 2 nitrogen and oxygen atoms in total. The normalized spacial score (nSPS) is 10.7. The van der Waals surface area contributed by atoms with Crippen LogP contribution in [0.25, 0.3) is 10.9 Å². The van der Waals surface area contributed by atoms with Gasteiger partial charge in [-0.05, 0) is 38.1 Å². The maximum atomic E-state index is 5.31. The lowest BCUT2D eigenvalue weighted by Crippen LogP contribution is -2.10. The van der Waals surface area contributed by atoms with Crippen molar-refractivity contribution in [1.29, 1.82) is 0 Å². The van der Waals surface area contributed by atoms with Crippen LogP contribution in [-0.2, 0) is 13.0 Å². The number of para-hydroxylation sites is 1. The van der Waals surface area contributed by atoms with Crippen LogP contribution in [0.2, 0.25) is 0 Å². The standard InChI is InChI=1S/C16H20N2/c1-3-4-7-12-18-13-14(10-11-17-2)15-8-5-6-9-16(15)18/h1,5-6,8-9,13,17H,4,7,10-12H2,2H3. The van der Waals surface area contributed by atoms with Crippen LogP contribution in [0.15, 0.2) is 30.5 Å². The number of aryl methyl sites for hydroxylation is 1. The quantitative estimate of drug-likeness (QED) is 0.607. The van der Waals surface area contributed by atoms with E-state index in [0.717, 1.165) is 32.4 Å². The lowest BCUT2D eigenvalue weighted by atomic mass is 10.1. The molecule has 0 radical (unpaired) electrons. The molecule has 2 rings (SSSR count). The third-order valence-electron chi connectivity index (χ3n) is 3.24. The van der Waals surface area contributed by atoms with Crippen LogP contribution in [0.4, 0.5) is 0 Å². The van der Waals surface area contributed by atoms with Gasteiger partial charge in [0.15, 0.2) is 0 Å². The highest BCUT2D eigenvalue weighted by molar-refractivity contribution is 5.84. The lowest BCUT2D eigenvalue weighted by Gasteiger charge is -2.02. The first kappa shape index (κ1) is 12.7. The average Bonchev–Trinajstić information content (AvgIpc) is 2.76. The fraction of sp³-hybridized carbons (Fsp3) is 0.375. The van der Waals surface area contributed by atoms with E-state index >= 15 is 0 Å². The molecule has 2 heteroatoms. The Labute approximate surface area is 109 Å². The first-order valence-corrected chi connectivity index (χ1v) is 6.51. The monoisotopic (exact) mass is 240 g/mol. The number of hydrogen-bond acceptors (Lipinski definition) is 1. The first-order chi connectivity index (χ1) is 8.86. The molecule has 0 atom stereocenters. The van der Waals surface area contributed by atoms with Gasteiger partial charge >= 0.3 is 0 Å². The summed E-state index contributed by atoms with van der Waals surface area (Å²) >= 11 is 0. The largest absolute Gasteiger partial charge is 0.347 e. The summed E-state index contributed by atoms with van der Waals surface area (Å²) in [4.78, 5) is 0. The van der Waals surface area contributed by atoms with Crippen LogP contribution in [0.3, 0.4) is 0 Å². The number of hydrogen-bond donors (Lipinski definition) is 1. The Balaban J connectivity index is 2.26. The summed E-state index contributed by atoms with van der Waals surface area (Å²) in [6.07, 6.45) is 10.5. The molecule has 2 aromatic rings. The Bertz CT molecular complexity index is 546. The highest BCUT2D eigenvalue weighted by Gasteiger charge is 2.06. The number of rotatable bonds is 6. The van der Waals surface area contributed by atoms with Crippen LogP contribution in [0.5, 0.6) is 0 Å². The molecule has 0 saturated heterocycles. The zero-order chi connectivity index (χ0) is 12.8. The predicted octanol–water partition coefficient (Wildman–Crippen LogP) is 2.82. The summed E-state index contributed by atoms with van der Waals surface area (Å²) in [6.45, 7) is 2.02. The van der Waals surface area contributed by atoms with E-state index in [0.29, 0.717) is 0 Å². The molecule has 0 spiro atoms. The number of fused-ring (bicyclic) bond motifs is 1. The summed E-state index contributed by atoms with van der Waals surface area (Å²) in [5.74, 6) is 2.70. The van der Waals surface area contributed by atoms with Gasteiger partial charge in [-0.1, -0.05) is 18.2 Å². The topological polar surface area (TPSA) is 17.0 Å². The van der Waals surface area contributed by atoms with Crippen molar-refractivity contribution in [3.8, 4) is 12.3 Å². The second-order valence-corrected chi connectivity index (χ2v) is 4.53. The molecule has 0 unspecified atom stereocenters. The first-order valence-electron chi connectivity index (χ1n) is 6.51. The van der Waals surface area contributed by atoms with Crippen molar-refractivity contribution in [2.75, 3.05) is 13.6 Å². The number of nitrogens with one attached hydrogen (secondary N) is 1. The number of nitrogens with zero attached hydrogens (tertiary/aromatic N) is 1. The molecule has 0 saturated carbocycles. The van der Waals surface area contributed by atoms with E-state index in [2.05, 4.69) is 46.3 Å². The molecule has 0 fully saturated rings. The smallest absolute Gasteiger partial charge is 0.0483 e. The van der Waals surface area contributed by atoms with Gasteiger partial charge in [0.1, 0.15) is 0 Å². The fourth-order valence-corrected chi connectivity index (χ4v) is 2.32. The van der Waals surface area contributed by atoms with Crippen molar-refractivity contribution < 1.29 is 0 Å². The molecule has 1 aromatic heterocycles. The number of terminal acetylenes is 1. The van der Waals surface area contributed by atoms with Gasteiger partial charge in [0.2, 0.25) is 0 Å². The second kappa shape index (κ2) is 6.28. The molecule has 1 heterocycles.